The number of ether oxygens (including phenoxy) is 1. The number of rotatable bonds is 3. The van der Waals surface area contributed by atoms with Crippen molar-refractivity contribution in [3.8, 4) is 5.75 Å². The minimum absolute atomic E-state index is 0.318. The van der Waals surface area contributed by atoms with E-state index in [0.717, 1.165) is 35.7 Å². The van der Waals surface area contributed by atoms with Crippen molar-refractivity contribution in [1.82, 2.24) is 4.90 Å². The van der Waals surface area contributed by atoms with E-state index in [4.69, 9.17) is 10.5 Å². The molecule has 3 rings (SSSR count). The Balaban J connectivity index is 1.53. The number of halogens is 1. The first-order valence-corrected chi connectivity index (χ1v) is 7.91. The molecule has 104 valence electrons. The smallest absolute Gasteiger partial charge is 0.123 e. The van der Waals surface area contributed by atoms with Crippen LogP contribution in [0.5, 0.6) is 5.75 Å². The summed E-state index contributed by atoms with van der Waals surface area (Å²) < 4.78 is 7.17. The maximum absolute atomic E-state index is 6.03. The topological polar surface area (TPSA) is 38.5 Å². The third-order valence-electron chi connectivity index (χ3n) is 4.27. The van der Waals surface area contributed by atoms with Crippen LogP contribution in [0.4, 0.5) is 0 Å². The zero-order chi connectivity index (χ0) is 13.2. The van der Waals surface area contributed by atoms with E-state index in [2.05, 4.69) is 33.0 Å². The molecule has 2 aliphatic heterocycles. The molecule has 19 heavy (non-hydrogen) atoms. The van der Waals surface area contributed by atoms with Crippen molar-refractivity contribution in [1.29, 1.82) is 0 Å². The molecule has 0 aromatic heterocycles. The highest BCUT2D eigenvalue weighted by atomic mass is 79.9. The number of likely N-dealkylation sites (tertiary alicyclic amines) is 1. The van der Waals surface area contributed by atoms with Crippen LogP contribution in [-0.4, -0.2) is 37.2 Å². The summed E-state index contributed by atoms with van der Waals surface area (Å²) in [5, 5.41) is 0. The van der Waals surface area contributed by atoms with Crippen molar-refractivity contribution in [2.24, 2.45) is 11.7 Å². The summed E-state index contributed by atoms with van der Waals surface area (Å²) in [6.45, 7) is 4.22. The largest absolute Gasteiger partial charge is 0.488 e. The highest BCUT2D eigenvalue weighted by Gasteiger charge is 2.27. The van der Waals surface area contributed by atoms with E-state index in [-0.39, 0.29) is 0 Å². The van der Waals surface area contributed by atoms with E-state index in [1.807, 2.05) is 6.07 Å². The second kappa shape index (κ2) is 5.81. The summed E-state index contributed by atoms with van der Waals surface area (Å²) in [5.41, 5.74) is 7.07. The van der Waals surface area contributed by atoms with Gasteiger partial charge < -0.3 is 10.5 Å². The molecule has 2 heterocycles. The number of hydrogen-bond donors (Lipinski definition) is 1. The van der Waals surface area contributed by atoms with Gasteiger partial charge in [0.05, 0.1) is 0 Å². The Labute approximate surface area is 123 Å². The lowest BCUT2D eigenvalue weighted by molar-refractivity contribution is 0.118. The molecule has 0 saturated carbocycles. The van der Waals surface area contributed by atoms with Gasteiger partial charge in [-0.2, -0.15) is 0 Å². The summed E-state index contributed by atoms with van der Waals surface area (Å²) in [5.74, 6) is 1.79. The molecule has 0 bridgehead atoms. The van der Waals surface area contributed by atoms with Gasteiger partial charge in [-0.1, -0.05) is 15.9 Å². The predicted molar refractivity (Wildman–Crippen MR) is 80.5 cm³/mol. The first kappa shape index (κ1) is 13.4. The minimum atomic E-state index is 0.318. The first-order chi connectivity index (χ1) is 9.24. The molecule has 1 saturated heterocycles. The van der Waals surface area contributed by atoms with Gasteiger partial charge in [0.25, 0.3) is 0 Å². The number of fused-ring (bicyclic) bond motifs is 1. The molecule has 3 nitrogen and oxygen atoms in total. The van der Waals surface area contributed by atoms with E-state index >= 15 is 0 Å². The van der Waals surface area contributed by atoms with E-state index < -0.39 is 0 Å². The number of nitrogens with two attached hydrogens (primary N) is 1. The summed E-state index contributed by atoms with van der Waals surface area (Å²) in [6, 6.07) is 6.30. The van der Waals surface area contributed by atoms with Gasteiger partial charge in [0.15, 0.2) is 0 Å². The van der Waals surface area contributed by atoms with Gasteiger partial charge in [-0.15, -0.1) is 0 Å². The molecule has 0 aliphatic carbocycles. The standard InChI is InChI=1S/C15H21BrN2O/c16-13-1-2-15-12(7-13)8-14(19-15)10-18-5-3-11(9-17)4-6-18/h1-2,7,11,14H,3-6,8-10,17H2. The van der Waals surface area contributed by atoms with Crippen molar-refractivity contribution >= 4 is 15.9 Å². The number of hydrogen-bond acceptors (Lipinski definition) is 3. The second-order valence-corrected chi connectivity index (χ2v) is 6.59. The average molecular weight is 325 g/mol. The summed E-state index contributed by atoms with van der Waals surface area (Å²) >= 11 is 3.52. The average Bonchev–Trinajstić information content (AvgIpc) is 2.81. The van der Waals surface area contributed by atoms with Crippen LogP contribution in [-0.2, 0) is 6.42 Å². The van der Waals surface area contributed by atoms with Gasteiger partial charge in [-0.05, 0) is 62.2 Å². The molecule has 4 heteroatoms. The van der Waals surface area contributed by atoms with Crippen LogP contribution >= 0.6 is 15.9 Å². The molecule has 1 fully saturated rings. The molecule has 0 radical (unpaired) electrons. The van der Waals surface area contributed by atoms with Gasteiger partial charge in [0, 0.05) is 17.4 Å². The van der Waals surface area contributed by atoms with Crippen LogP contribution in [0.3, 0.4) is 0 Å². The quantitative estimate of drug-likeness (QED) is 0.928. The van der Waals surface area contributed by atoms with Crippen molar-refractivity contribution in [2.75, 3.05) is 26.2 Å². The Morgan fingerprint density at radius 1 is 1.32 bits per heavy atom. The lowest BCUT2D eigenvalue weighted by Gasteiger charge is -2.32. The Kier molecular flexibility index (Phi) is 4.10. The van der Waals surface area contributed by atoms with Crippen molar-refractivity contribution in [2.45, 2.75) is 25.4 Å². The highest BCUT2D eigenvalue weighted by molar-refractivity contribution is 9.10. The fourth-order valence-electron chi connectivity index (χ4n) is 3.08. The summed E-state index contributed by atoms with van der Waals surface area (Å²) in [6.07, 6.45) is 3.83. The molecule has 0 spiro atoms. The maximum Gasteiger partial charge on any atom is 0.123 e. The third kappa shape index (κ3) is 3.12. The van der Waals surface area contributed by atoms with E-state index in [0.29, 0.717) is 6.10 Å². The SMILES string of the molecule is NCC1CCN(CC2Cc3cc(Br)ccc3O2)CC1. The predicted octanol–water partition coefficient (Wildman–Crippen LogP) is 2.42. The second-order valence-electron chi connectivity index (χ2n) is 5.68. The van der Waals surface area contributed by atoms with Crippen LogP contribution < -0.4 is 10.5 Å². The molecular formula is C15H21BrN2O. The zero-order valence-electron chi connectivity index (χ0n) is 11.1. The zero-order valence-corrected chi connectivity index (χ0v) is 12.7. The van der Waals surface area contributed by atoms with Crippen molar-refractivity contribution in [3.05, 3.63) is 28.2 Å². The van der Waals surface area contributed by atoms with Crippen LogP contribution in [0, 0.1) is 5.92 Å². The third-order valence-corrected chi connectivity index (χ3v) is 4.76. The van der Waals surface area contributed by atoms with Gasteiger partial charge in [0.1, 0.15) is 11.9 Å². The Morgan fingerprint density at radius 2 is 2.11 bits per heavy atom. The minimum Gasteiger partial charge on any atom is -0.488 e. The lowest BCUT2D eigenvalue weighted by Crippen LogP contribution is -2.41. The van der Waals surface area contributed by atoms with E-state index in [1.165, 1.54) is 31.5 Å². The molecule has 2 N–H and O–H groups in total. The number of benzene rings is 1. The molecule has 1 aromatic rings. The van der Waals surface area contributed by atoms with Gasteiger partial charge >= 0.3 is 0 Å². The molecule has 1 unspecified atom stereocenters. The summed E-state index contributed by atoms with van der Waals surface area (Å²) in [4.78, 5) is 2.53. The van der Waals surface area contributed by atoms with Gasteiger partial charge in [-0.3, -0.25) is 4.90 Å². The molecule has 0 amide bonds. The van der Waals surface area contributed by atoms with Crippen LogP contribution in [0.15, 0.2) is 22.7 Å². The summed E-state index contributed by atoms with van der Waals surface area (Å²) in [7, 11) is 0. The van der Waals surface area contributed by atoms with E-state index in [1.54, 1.807) is 0 Å². The maximum atomic E-state index is 6.03. The Hall–Kier alpha value is -0.580. The van der Waals surface area contributed by atoms with Crippen molar-refractivity contribution < 1.29 is 4.74 Å². The molecule has 1 atom stereocenters. The highest BCUT2D eigenvalue weighted by Crippen LogP contribution is 2.31. The van der Waals surface area contributed by atoms with Crippen LogP contribution in [0.25, 0.3) is 0 Å². The van der Waals surface area contributed by atoms with Gasteiger partial charge in [-0.25, -0.2) is 0 Å². The number of nitrogens with zero attached hydrogens (tertiary/aromatic N) is 1. The van der Waals surface area contributed by atoms with Crippen LogP contribution in [0.2, 0.25) is 0 Å². The molecular weight excluding hydrogens is 304 g/mol. The fraction of sp³-hybridized carbons (Fsp3) is 0.600. The van der Waals surface area contributed by atoms with E-state index in [9.17, 15) is 0 Å². The first-order valence-electron chi connectivity index (χ1n) is 7.12. The van der Waals surface area contributed by atoms with Gasteiger partial charge in [0.2, 0.25) is 0 Å². The van der Waals surface area contributed by atoms with Crippen molar-refractivity contribution in [3.63, 3.8) is 0 Å². The molecule has 2 aliphatic rings. The van der Waals surface area contributed by atoms with Crippen LogP contribution in [0.1, 0.15) is 18.4 Å². The lowest BCUT2D eigenvalue weighted by atomic mass is 9.97. The Bertz CT molecular complexity index is 444. The fourth-order valence-corrected chi connectivity index (χ4v) is 3.49. The molecule has 1 aromatic carbocycles. The normalized spacial score (nSPS) is 24.2. The number of piperidine rings is 1. The Morgan fingerprint density at radius 3 is 2.84 bits per heavy atom. The monoisotopic (exact) mass is 324 g/mol.